The van der Waals surface area contributed by atoms with Gasteiger partial charge in [0.15, 0.2) is 0 Å². The van der Waals surface area contributed by atoms with Gasteiger partial charge >= 0.3 is 11.9 Å². The molecular formula is C19H28N2O7. The molecule has 1 amide bonds. The number of hydrogen-bond acceptors (Lipinski definition) is 7. The third-order valence-corrected chi connectivity index (χ3v) is 3.47. The molecule has 1 rings (SSSR count). The SMILES string of the molecule is CCCCNc1ccc(C(=O)OCCOCCNC(=O)COCC(=O)O)cc1. The molecule has 28 heavy (non-hydrogen) atoms. The van der Waals surface area contributed by atoms with Crippen molar-refractivity contribution in [3.63, 3.8) is 0 Å². The lowest BCUT2D eigenvalue weighted by atomic mass is 10.2. The molecule has 0 spiro atoms. The fourth-order valence-corrected chi connectivity index (χ4v) is 2.06. The van der Waals surface area contributed by atoms with E-state index >= 15 is 0 Å². The largest absolute Gasteiger partial charge is 0.480 e. The molecule has 0 bridgehead atoms. The Balaban J connectivity index is 2.07. The fourth-order valence-electron chi connectivity index (χ4n) is 2.06. The lowest BCUT2D eigenvalue weighted by molar-refractivity contribution is -0.143. The number of esters is 1. The Morgan fingerprint density at radius 2 is 1.71 bits per heavy atom. The minimum atomic E-state index is -1.13. The number of carbonyl (C=O) groups excluding carboxylic acids is 2. The highest BCUT2D eigenvalue weighted by Crippen LogP contribution is 2.10. The van der Waals surface area contributed by atoms with Gasteiger partial charge in [-0.3, -0.25) is 4.79 Å². The van der Waals surface area contributed by atoms with Crippen molar-refractivity contribution in [3.8, 4) is 0 Å². The Kier molecular flexibility index (Phi) is 12.0. The summed E-state index contributed by atoms with van der Waals surface area (Å²) in [4.78, 5) is 33.5. The standard InChI is InChI=1S/C19H28N2O7/c1-2-3-8-20-16-6-4-15(5-7-16)19(25)28-12-11-26-10-9-21-17(22)13-27-14-18(23)24/h4-7,20H,2-3,8-14H2,1H3,(H,21,22)(H,23,24). The maximum Gasteiger partial charge on any atom is 0.338 e. The van der Waals surface area contributed by atoms with E-state index in [4.69, 9.17) is 14.6 Å². The average Bonchev–Trinajstić information content (AvgIpc) is 2.67. The van der Waals surface area contributed by atoms with Crippen molar-refractivity contribution in [2.24, 2.45) is 0 Å². The van der Waals surface area contributed by atoms with Gasteiger partial charge in [0.05, 0.1) is 18.8 Å². The van der Waals surface area contributed by atoms with Crippen LogP contribution in [0.5, 0.6) is 0 Å². The molecule has 0 heterocycles. The normalized spacial score (nSPS) is 10.3. The summed E-state index contributed by atoms with van der Waals surface area (Å²) in [6, 6.07) is 7.09. The number of nitrogens with one attached hydrogen (secondary N) is 2. The number of hydrogen-bond donors (Lipinski definition) is 3. The summed E-state index contributed by atoms with van der Waals surface area (Å²) in [5.41, 5.74) is 1.43. The number of unbranched alkanes of at least 4 members (excludes halogenated alkanes) is 1. The molecule has 0 saturated heterocycles. The van der Waals surface area contributed by atoms with Crippen LogP contribution in [0.25, 0.3) is 0 Å². The van der Waals surface area contributed by atoms with Gasteiger partial charge in [-0.15, -0.1) is 0 Å². The fraction of sp³-hybridized carbons (Fsp3) is 0.526. The van der Waals surface area contributed by atoms with Crippen LogP contribution in [0.4, 0.5) is 5.69 Å². The highest BCUT2D eigenvalue weighted by molar-refractivity contribution is 5.89. The van der Waals surface area contributed by atoms with Gasteiger partial charge in [-0.05, 0) is 30.7 Å². The molecule has 1 aromatic rings. The highest BCUT2D eigenvalue weighted by Gasteiger charge is 2.07. The van der Waals surface area contributed by atoms with Gasteiger partial charge in [0, 0.05) is 18.8 Å². The molecule has 1 aromatic carbocycles. The van der Waals surface area contributed by atoms with Crippen LogP contribution in [0.1, 0.15) is 30.1 Å². The van der Waals surface area contributed by atoms with Crippen molar-refractivity contribution >= 4 is 23.5 Å². The molecule has 0 aliphatic rings. The van der Waals surface area contributed by atoms with Gasteiger partial charge in [-0.1, -0.05) is 13.3 Å². The van der Waals surface area contributed by atoms with E-state index in [1.165, 1.54) is 0 Å². The number of benzene rings is 1. The van der Waals surface area contributed by atoms with Crippen molar-refractivity contribution < 1.29 is 33.7 Å². The second kappa shape index (κ2) is 14.4. The Bertz CT molecular complexity index is 605. The van der Waals surface area contributed by atoms with E-state index in [-0.39, 0.29) is 33.0 Å². The van der Waals surface area contributed by atoms with Gasteiger partial charge < -0.3 is 30.0 Å². The molecule has 9 nitrogen and oxygen atoms in total. The van der Waals surface area contributed by atoms with Crippen LogP contribution in [-0.2, 0) is 23.8 Å². The first-order chi connectivity index (χ1) is 13.5. The summed E-state index contributed by atoms with van der Waals surface area (Å²) in [5, 5.41) is 14.2. The highest BCUT2D eigenvalue weighted by atomic mass is 16.6. The Morgan fingerprint density at radius 3 is 2.39 bits per heavy atom. The van der Waals surface area contributed by atoms with E-state index < -0.39 is 24.5 Å². The second-order valence-electron chi connectivity index (χ2n) is 5.84. The number of ether oxygens (including phenoxy) is 3. The predicted molar refractivity (Wildman–Crippen MR) is 102 cm³/mol. The van der Waals surface area contributed by atoms with E-state index in [0.29, 0.717) is 5.56 Å². The van der Waals surface area contributed by atoms with Crippen LogP contribution in [0.3, 0.4) is 0 Å². The van der Waals surface area contributed by atoms with Gasteiger partial charge in [0.1, 0.15) is 19.8 Å². The number of aliphatic carboxylic acids is 1. The lowest BCUT2D eigenvalue weighted by Crippen LogP contribution is -2.31. The van der Waals surface area contributed by atoms with Crippen LogP contribution in [-0.4, -0.2) is 69.1 Å². The minimum absolute atomic E-state index is 0.102. The number of rotatable bonds is 15. The van der Waals surface area contributed by atoms with Crippen LogP contribution >= 0.6 is 0 Å². The topological polar surface area (TPSA) is 123 Å². The van der Waals surface area contributed by atoms with Crippen molar-refractivity contribution in [1.82, 2.24) is 5.32 Å². The van der Waals surface area contributed by atoms with E-state index in [1.54, 1.807) is 12.1 Å². The zero-order chi connectivity index (χ0) is 20.6. The molecule has 3 N–H and O–H groups in total. The lowest BCUT2D eigenvalue weighted by Gasteiger charge is -2.08. The maximum absolute atomic E-state index is 11.9. The number of amides is 1. The Labute approximate surface area is 164 Å². The molecule has 0 aliphatic carbocycles. The van der Waals surface area contributed by atoms with Crippen molar-refractivity contribution in [1.29, 1.82) is 0 Å². The molecular weight excluding hydrogens is 368 g/mol. The van der Waals surface area contributed by atoms with Crippen LogP contribution < -0.4 is 10.6 Å². The van der Waals surface area contributed by atoms with Gasteiger partial charge in [-0.25, -0.2) is 9.59 Å². The molecule has 0 unspecified atom stereocenters. The number of carboxylic acid groups (broad SMARTS) is 1. The van der Waals surface area contributed by atoms with Gasteiger partial charge in [0.2, 0.25) is 5.91 Å². The molecule has 0 radical (unpaired) electrons. The van der Waals surface area contributed by atoms with Gasteiger partial charge in [-0.2, -0.15) is 0 Å². The van der Waals surface area contributed by atoms with E-state index in [1.807, 2.05) is 12.1 Å². The number of carbonyl (C=O) groups is 3. The summed E-state index contributed by atoms with van der Waals surface area (Å²) in [5.74, 6) is -1.98. The molecule has 0 aliphatic heterocycles. The third-order valence-electron chi connectivity index (χ3n) is 3.47. The van der Waals surface area contributed by atoms with Crippen LogP contribution in [0, 0.1) is 0 Å². The maximum atomic E-state index is 11.9. The first kappa shape index (κ1) is 23.4. The third kappa shape index (κ3) is 11.1. The Morgan fingerprint density at radius 1 is 0.964 bits per heavy atom. The van der Waals surface area contributed by atoms with Crippen LogP contribution in [0.15, 0.2) is 24.3 Å². The zero-order valence-corrected chi connectivity index (χ0v) is 16.1. The smallest absolute Gasteiger partial charge is 0.338 e. The van der Waals surface area contributed by atoms with E-state index in [0.717, 1.165) is 25.1 Å². The predicted octanol–water partition coefficient (Wildman–Crippen LogP) is 1.29. The van der Waals surface area contributed by atoms with Crippen LogP contribution in [0.2, 0.25) is 0 Å². The molecule has 0 atom stereocenters. The summed E-state index contributed by atoms with van der Waals surface area (Å²) in [7, 11) is 0. The van der Waals surface area contributed by atoms with Crippen molar-refractivity contribution in [3.05, 3.63) is 29.8 Å². The molecule has 156 valence electrons. The van der Waals surface area contributed by atoms with Crippen molar-refractivity contribution in [2.45, 2.75) is 19.8 Å². The van der Waals surface area contributed by atoms with E-state index in [2.05, 4.69) is 22.3 Å². The van der Waals surface area contributed by atoms with Gasteiger partial charge in [0.25, 0.3) is 0 Å². The first-order valence-electron chi connectivity index (χ1n) is 9.18. The summed E-state index contributed by atoms with van der Waals surface area (Å²) in [6.45, 7) is 2.97. The average molecular weight is 396 g/mol. The van der Waals surface area contributed by atoms with Crippen molar-refractivity contribution in [2.75, 3.05) is 51.4 Å². The minimum Gasteiger partial charge on any atom is -0.480 e. The molecule has 9 heteroatoms. The molecule has 0 aromatic heterocycles. The monoisotopic (exact) mass is 396 g/mol. The Hall–Kier alpha value is -2.65. The quantitative estimate of drug-likeness (QED) is 0.299. The first-order valence-corrected chi connectivity index (χ1v) is 9.18. The summed E-state index contributed by atoms with van der Waals surface area (Å²) in [6.07, 6.45) is 2.21. The summed E-state index contributed by atoms with van der Waals surface area (Å²) < 4.78 is 15.0. The number of anilines is 1. The molecule has 0 fully saturated rings. The van der Waals surface area contributed by atoms with E-state index in [9.17, 15) is 14.4 Å². The summed E-state index contributed by atoms with van der Waals surface area (Å²) >= 11 is 0. The zero-order valence-electron chi connectivity index (χ0n) is 16.1. The number of carboxylic acids is 1. The second-order valence-corrected chi connectivity index (χ2v) is 5.84. The molecule has 0 saturated carbocycles.